The molecule has 5 N–H and O–H groups in total. The van der Waals surface area contributed by atoms with Crippen molar-refractivity contribution < 1.29 is 19.3 Å². The number of nitrogen functional groups attached to an aromatic ring is 1. The van der Waals surface area contributed by atoms with Gasteiger partial charge in [-0.3, -0.25) is 19.7 Å². The van der Waals surface area contributed by atoms with E-state index in [9.17, 15) is 19.7 Å². The molecule has 0 aliphatic rings. The van der Waals surface area contributed by atoms with Crippen molar-refractivity contribution in [3.63, 3.8) is 0 Å². The third kappa shape index (κ3) is 6.18. The Morgan fingerprint density at radius 3 is 2.45 bits per heavy atom. The topological polar surface area (TPSA) is 149 Å². The predicted molar refractivity (Wildman–Crippen MR) is 108 cm³/mol. The van der Waals surface area contributed by atoms with Crippen LogP contribution in [0.4, 0.5) is 21.9 Å². The number of nitro groups is 1. The normalized spacial score (nSPS) is 10.3. The molecule has 0 heterocycles. The zero-order valence-corrected chi connectivity index (χ0v) is 16.2. The molecular formula is C19H23N5O5. The standard InChI is InChI=1S/C19H23N5O5/c1-3-16-14(11-29-23-12(2)25)6-9-17(24(27)28)18(16)22-19(26)21-10-13-4-7-15(20)8-5-13/h4-9H,3,10-11,20H2,1-2H3,(H,23,25)(H2,21,22,26). The van der Waals surface area contributed by atoms with Crippen LogP contribution in [0.5, 0.6) is 0 Å². The molecule has 29 heavy (non-hydrogen) atoms. The molecule has 2 rings (SSSR count). The van der Waals surface area contributed by atoms with Crippen molar-refractivity contribution in [1.29, 1.82) is 0 Å². The second-order valence-electron chi connectivity index (χ2n) is 6.20. The molecule has 0 aliphatic heterocycles. The predicted octanol–water partition coefficient (Wildman–Crippen LogP) is 2.63. The van der Waals surface area contributed by atoms with E-state index in [4.69, 9.17) is 10.6 Å². The van der Waals surface area contributed by atoms with Crippen LogP contribution in [0.25, 0.3) is 0 Å². The smallest absolute Gasteiger partial charge is 0.319 e. The van der Waals surface area contributed by atoms with Crippen LogP contribution in [0.3, 0.4) is 0 Å². The molecule has 10 nitrogen and oxygen atoms in total. The Morgan fingerprint density at radius 2 is 1.86 bits per heavy atom. The number of hydroxylamine groups is 1. The minimum absolute atomic E-state index is 0.00246. The molecule has 0 unspecified atom stereocenters. The molecule has 0 aliphatic carbocycles. The summed E-state index contributed by atoms with van der Waals surface area (Å²) < 4.78 is 0. The highest BCUT2D eigenvalue weighted by molar-refractivity contribution is 5.93. The fourth-order valence-electron chi connectivity index (χ4n) is 2.70. The van der Waals surface area contributed by atoms with Gasteiger partial charge in [0.15, 0.2) is 0 Å². The van der Waals surface area contributed by atoms with E-state index in [1.54, 1.807) is 31.2 Å². The van der Waals surface area contributed by atoms with Crippen molar-refractivity contribution in [2.45, 2.75) is 33.4 Å². The number of urea groups is 1. The number of amides is 3. The second-order valence-corrected chi connectivity index (χ2v) is 6.20. The van der Waals surface area contributed by atoms with Crippen molar-refractivity contribution in [3.05, 3.63) is 63.2 Å². The number of anilines is 2. The number of nitrogens with zero attached hydrogens (tertiary/aromatic N) is 1. The molecule has 0 saturated heterocycles. The van der Waals surface area contributed by atoms with E-state index in [1.807, 2.05) is 0 Å². The van der Waals surface area contributed by atoms with Gasteiger partial charge in [-0.2, -0.15) is 0 Å². The number of carbonyl (C=O) groups is 2. The molecule has 0 fully saturated rings. The van der Waals surface area contributed by atoms with E-state index in [2.05, 4.69) is 16.1 Å². The Bertz CT molecular complexity index is 899. The Morgan fingerprint density at radius 1 is 1.17 bits per heavy atom. The summed E-state index contributed by atoms with van der Waals surface area (Å²) >= 11 is 0. The first-order valence-electron chi connectivity index (χ1n) is 8.88. The Hall–Kier alpha value is -3.66. The summed E-state index contributed by atoms with van der Waals surface area (Å²) in [4.78, 5) is 39.3. The van der Waals surface area contributed by atoms with Gasteiger partial charge in [0, 0.05) is 25.2 Å². The fraction of sp³-hybridized carbons (Fsp3) is 0.263. The molecule has 0 atom stereocenters. The van der Waals surface area contributed by atoms with Crippen LogP contribution >= 0.6 is 0 Å². The van der Waals surface area contributed by atoms with Crippen LogP contribution in [0.15, 0.2) is 36.4 Å². The van der Waals surface area contributed by atoms with Gasteiger partial charge >= 0.3 is 6.03 Å². The SMILES string of the molecule is CCc1c(CONC(C)=O)ccc([N+](=O)[O-])c1NC(=O)NCc1ccc(N)cc1. The summed E-state index contributed by atoms with van der Waals surface area (Å²) in [5, 5.41) is 16.7. The average Bonchev–Trinajstić information content (AvgIpc) is 2.67. The first-order valence-corrected chi connectivity index (χ1v) is 8.88. The van der Waals surface area contributed by atoms with Crippen LogP contribution in [0.1, 0.15) is 30.5 Å². The van der Waals surface area contributed by atoms with Crippen molar-refractivity contribution in [3.8, 4) is 0 Å². The molecule has 154 valence electrons. The van der Waals surface area contributed by atoms with E-state index >= 15 is 0 Å². The van der Waals surface area contributed by atoms with Gasteiger partial charge in [0.05, 0.1) is 4.92 Å². The van der Waals surface area contributed by atoms with Gasteiger partial charge in [0.25, 0.3) is 5.69 Å². The quantitative estimate of drug-likeness (QED) is 0.303. The molecule has 0 aromatic heterocycles. The number of nitro benzene ring substituents is 1. The minimum atomic E-state index is -0.584. The molecule has 0 bridgehead atoms. The highest BCUT2D eigenvalue weighted by atomic mass is 16.6. The summed E-state index contributed by atoms with van der Waals surface area (Å²) in [5.74, 6) is -0.370. The molecule has 2 aromatic rings. The van der Waals surface area contributed by atoms with E-state index in [1.165, 1.54) is 19.1 Å². The van der Waals surface area contributed by atoms with Gasteiger partial charge in [0.2, 0.25) is 5.91 Å². The van der Waals surface area contributed by atoms with Gasteiger partial charge in [-0.25, -0.2) is 10.3 Å². The summed E-state index contributed by atoms with van der Waals surface area (Å²) in [6.07, 6.45) is 0.411. The van der Waals surface area contributed by atoms with Crippen LogP contribution in [0.2, 0.25) is 0 Å². The maximum Gasteiger partial charge on any atom is 0.319 e. The fourth-order valence-corrected chi connectivity index (χ4v) is 2.70. The first kappa shape index (κ1) is 21.6. The molecular weight excluding hydrogens is 378 g/mol. The third-order valence-corrected chi connectivity index (χ3v) is 4.05. The Labute approximate surface area is 167 Å². The van der Waals surface area contributed by atoms with Crippen molar-refractivity contribution in [1.82, 2.24) is 10.8 Å². The van der Waals surface area contributed by atoms with Crippen molar-refractivity contribution in [2.75, 3.05) is 11.1 Å². The van der Waals surface area contributed by atoms with Gasteiger partial charge in [0.1, 0.15) is 12.3 Å². The zero-order chi connectivity index (χ0) is 21.4. The lowest BCUT2D eigenvalue weighted by molar-refractivity contribution is -0.384. The number of nitrogens with two attached hydrogens (primary N) is 1. The van der Waals surface area contributed by atoms with E-state index in [0.29, 0.717) is 23.2 Å². The summed E-state index contributed by atoms with van der Waals surface area (Å²) in [5.41, 5.74) is 10.3. The lowest BCUT2D eigenvalue weighted by Crippen LogP contribution is -2.29. The van der Waals surface area contributed by atoms with Crippen LogP contribution in [-0.4, -0.2) is 16.9 Å². The number of hydrogen-bond acceptors (Lipinski definition) is 6. The monoisotopic (exact) mass is 401 g/mol. The first-order chi connectivity index (χ1) is 13.8. The van der Waals surface area contributed by atoms with Crippen LogP contribution in [-0.2, 0) is 29.2 Å². The molecule has 10 heteroatoms. The maximum absolute atomic E-state index is 12.4. The molecule has 0 spiro atoms. The van der Waals surface area contributed by atoms with Gasteiger partial charge in [-0.1, -0.05) is 19.1 Å². The van der Waals surface area contributed by atoms with E-state index in [-0.39, 0.29) is 30.4 Å². The summed E-state index contributed by atoms with van der Waals surface area (Å²) in [6, 6.07) is 9.23. The van der Waals surface area contributed by atoms with Crippen LogP contribution < -0.4 is 21.8 Å². The molecule has 0 radical (unpaired) electrons. The van der Waals surface area contributed by atoms with E-state index < -0.39 is 11.0 Å². The Balaban J connectivity index is 2.18. The third-order valence-electron chi connectivity index (χ3n) is 4.05. The van der Waals surface area contributed by atoms with Crippen molar-refractivity contribution >= 4 is 29.0 Å². The second kappa shape index (κ2) is 10.0. The number of nitrogens with one attached hydrogen (secondary N) is 3. The largest absolute Gasteiger partial charge is 0.399 e. The lowest BCUT2D eigenvalue weighted by atomic mass is 10.0. The molecule has 3 amide bonds. The highest BCUT2D eigenvalue weighted by Gasteiger charge is 2.22. The maximum atomic E-state index is 12.4. The average molecular weight is 401 g/mol. The Kier molecular flexibility index (Phi) is 7.49. The summed E-state index contributed by atoms with van der Waals surface area (Å²) in [6.45, 7) is 3.34. The summed E-state index contributed by atoms with van der Waals surface area (Å²) in [7, 11) is 0. The number of hydrogen-bond donors (Lipinski definition) is 4. The number of rotatable bonds is 8. The van der Waals surface area contributed by atoms with E-state index in [0.717, 1.165) is 5.56 Å². The zero-order valence-electron chi connectivity index (χ0n) is 16.2. The highest BCUT2D eigenvalue weighted by Crippen LogP contribution is 2.32. The lowest BCUT2D eigenvalue weighted by Gasteiger charge is -2.15. The number of benzene rings is 2. The van der Waals surface area contributed by atoms with Crippen LogP contribution in [0, 0.1) is 10.1 Å². The van der Waals surface area contributed by atoms with Gasteiger partial charge in [-0.15, -0.1) is 0 Å². The van der Waals surface area contributed by atoms with Gasteiger partial charge in [-0.05, 0) is 41.3 Å². The van der Waals surface area contributed by atoms with Gasteiger partial charge < -0.3 is 16.4 Å². The molecule has 0 saturated carbocycles. The minimum Gasteiger partial charge on any atom is -0.399 e. The van der Waals surface area contributed by atoms with Crippen molar-refractivity contribution in [2.24, 2.45) is 0 Å². The molecule has 2 aromatic carbocycles. The number of carbonyl (C=O) groups excluding carboxylic acids is 2.